The highest BCUT2D eigenvalue weighted by atomic mass is 35.5. The minimum absolute atomic E-state index is 0.411. The zero-order valence-electron chi connectivity index (χ0n) is 8.24. The van der Waals surface area contributed by atoms with Gasteiger partial charge in [0.25, 0.3) is 0 Å². The first kappa shape index (κ1) is 11.1. The molecule has 0 radical (unpaired) electrons. The van der Waals surface area contributed by atoms with Crippen molar-refractivity contribution in [2.75, 3.05) is 0 Å². The van der Waals surface area contributed by atoms with Gasteiger partial charge >= 0.3 is 0 Å². The first-order valence-corrected chi connectivity index (χ1v) is 6.75. The summed E-state index contributed by atoms with van der Waals surface area (Å²) in [6.45, 7) is 2.02. The fraction of sp³-hybridized carbons (Fsp3) is 0.273. The van der Waals surface area contributed by atoms with Crippen molar-refractivity contribution in [1.82, 2.24) is 0 Å². The molecule has 0 aromatic carbocycles. The topological polar surface area (TPSA) is 20.2 Å². The standard InChI is InChI=1S/C11H11ClOS2/c1-7-5-14-6-9(7)10(13)4-8-2-3-11(12)15-8/h2-3,5-6,10,13H,4H2,1H3. The van der Waals surface area contributed by atoms with Gasteiger partial charge in [-0.2, -0.15) is 11.3 Å². The summed E-state index contributed by atoms with van der Waals surface area (Å²) in [6.07, 6.45) is 0.237. The van der Waals surface area contributed by atoms with Crippen molar-refractivity contribution in [2.45, 2.75) is 19.4 Å². The SMILES string of the molecule is Cc1cscc1C(O)Cc1ccc(Cl)s1. The van der Waals surface area contributed by atoms with Gasteiger partial charge in [-0.05, 0) is 40.9 Å². The maximum Gasteiger partial charge on any atom is 0.0931 e. The Bertz CT molecular complexity index is 447. The normalized spacial score (nSPS) is 13.0. The molecule has 0 saturated carbocycles. The molecule has 2 heterocycles. The first-order chi connectivity index (χ1) is 7.16. The fourth-order valence-electron chi connectivity index (χ4n) is 1.47. The predicted octanol–water partition coefficient (Wildman–Crippen LogP) is 4.05. The summed E-state index contributed by atoms with van der Waals surface area (Å²) in [4.78, 5) is 1.12. The second-order valence-corrected chi connectivity index (χ2v) is 5.98. The Hall–Kier alpha value is -0.350. The summed E-state index contributed by atoms with van der Waals surface area (Å²) < 4.78 is 0.777. The van der Waals surface area contributed by atoms with Gasteiger partial charge in [-0.1, -0.05) is 11.6 Å². The van der Waals surface area contributed by atoms with Crippen molar-refractivity contribution in [3.8, 4) is 0 Å². The van der Waals surface area contributed by atoms with E-state index in [1.807, 2.05) is 24.4 Å². The number of aryl methyl sites for hydroxylation is 1. The van der Waals surface area contributed by atoms with E-state index in [0.717, 1.165) is 20.3 Å². The molecular formula is C11H11ClOS2. The molecule has 0 aliphatic heterocycles. The van der Waals surface area contributed by atoms with Crippen molar-refractivity contribution in [3.63, 3.8) is 0 Å². The van der Waals surface area contributed by atoms with E-state index >= 15 is 0 Å². The lowest BCUT2D eigenvalue weighted by Gasteiger charge is -2.08. The third kappa shape index (κ3) is 2.61. The molecule has 1 atom stereocenters. The van der Waals surface area contributed by atoms with Crippen molar-refractivity contribution < 1.29 is 5.11 Å². The molecule has 15 heavy (non-hydrogen) atoms. The Morgan fingerprint density at radius 3 is 2.73 bits per heavy atom. The molecule has 0 saturated heterocycles. The van der Waals surface area contributed by atoms with Crippen LogP contribution in [0.15, 0.2) is 22.9 Å². The smallest absolute Gasteiger partial charge is 0.0931 e. The van der Waals surface area contributed by atoms with Crippen LogP contribution in [0.1, 0.15) is 22.1 Å². The van der Waals surface area contributed by atoms with E-state index in [2.05, 4.69) is 5.38 Å². The average molecular weight is 259 g/mol. The van der Waals surface area contributed by atoms with E-state index in [4.69, 9.17) is 11.6 Å². The van der Waals surface area contributed by atoms with Crippen LogP contribution in [0.5, 0.6) is 0 Å². The Labute approximate surface area is 102 Å². The minimum atomic E-state index is -0.411. The van der Waals surface area contributed by atoms with E-state index in [9.17, 15) is 5.11 Å². The molecule has 2 aromatic rings. The van der Waals surface area contributed by atoms with Crippen molar-refractivity contribution >= 4 is 34.3 Å². The summed E-state index contributed by atoms with van der Waals surface area (Å²) >= 11 is 8.99. The Balaban J connectivity index is 2.10. The van der Waals surface area contributed by atoms with Gasteiger partial charge in [0.1, 0.15) is 0 Å². The maximum atomic E-state index is 10.0. The van der Waals surface area contributed by atoms with Gasteiger partial charge in [-0.3, -0.25) is 0 Å². The highest BCUT2D eigenvalue weighted by molar-refractivity contribution is 7.16. The summed E-state index contributed by atoms with van der Waals surface area (Å²) in [5, 5.41) is 14.1. The molecule has 4 heteroatoms. The number of aliphatic hydroxyl groups is 1. The van der Waals surface area contributed by atoms with Gasteiger partial charge in [0.05, 0.1) is 10.4 Å². The summed E-state index contributed by atoms with van der Waals surface area (Å²) in [7, 11) is 0. The summed E-state index contributed by atoms with van der Waals surface area (Å²) in [5.74, 6) is 0. The van der Waals surface area contributed by atoms with Crippen LogP contribution in [0.4, 0.5) is 0 Å². The van der Waals surface area contributed by atoms with Gasteiger partial charge in [0.2, 0.25) is 0 Å². The van der Waals surface area contributed by atoms with Crippen LogP contribution >= 0.6 is 34.3 Å². The molecular weight excluding hydrogens is 248 g/mol. The van der Waals surface area contributed by atoms with E-state index in [1.165, 1.54) is 11.3 Å². The highest BCUT2D eigenvalue weighted by Gasteiger charge is 2.12. The van der Waals surface area contributed by atoms with E-state index in [-0.39, 0.29) is 0 Å². The highest BCUT2D eigenvalue weighted by Crippen LogP contribution is 2.29. The van der Waals surface area contributed by atoms with Crippen molar-refractivity contribution in [2.24, 2.45) is 0 Å². The average Bonchev–Trinajstić information content (AvgIpc) is 2.75. The zero-order valence-corrected chi connectivity index (χ0v) is 10.6. The summed E-state index contributed by atoms with van der Waals surface area (Å²) in [5.41, 5.74) is 2.19. The molecule has 0 fully saturated rings. The second kappa shape index (κ2) is 4.66. The number of rotatable bonds is 3. The Morgan fingerprint density at radius 2 is 2.20 bits per heavy atom. The lowest BCUT2D eigenvalue weighted by Crippen LogP contribution is -2.00. The van der Waals surface area contributed by atoms with E-state index in [0.29, 0.717) is 6.42 Å². The quantitative estimate of drug-likeness (QED) is 0.881. The maximum absolute atomic E-state index is 10.0. The molecule has 1 N–H and O–H groups in total. The largest absolute Gasteiger partial charge is 0.388 e. The molecule has 1 unspecified atom stereocenters. The van der Waals surface area contributed by atoms with Crippen LogP contribution in [0.3, 0.4) is 0 Å². The fourth-order valence-corrected chi connectivity index (χ4v) is 3.50. The van der Waals surface area contributed by atoms with Gasteiger partial charge in [-0.25, -0.2) is 0 Å². The zero-order chi connectivity index (χ0) is 10.8. The number of hydrogen-bond donors (Lipinski definition) is 1. The van der Waals surface area contributed by atoms with Crippen LogP contribution in [-0.2, 0) is 6.42 Å². The van der Waals surface area contributed by atoms with Gasteiger partial charge in [0, 0.05) is 11.3 Å². The molecule has 1 nitrogen and oxygen atoms in total. The lowest BCUT2D eigenvalue weighted by molar-refractivity contribution is 0.179. The Kier molecular flexibility index (Phi) is 3.46. The van der Waals surface area contributed by atoms with E-state index in [1.54, 1.807) is 11.3 Å². The van der Waals surface area contributed by atoms with Crippen LogP contribution in [0, 0.1) is 6.92 Å². The second-order valence-electron chi connectivity index (χ2n) is 3.44. The number of halogens is 1. The Morgan fingerprint density at radius 1 is 1.40 bits per heavy atom. The third-order valence-corrected chi connectivity index (χ3v) is 4.41. The van der Waals surface area contributed by atoms with Crippen LogP contribution in [0.25, 0.3) is 0 Å². The number of aliphatic hydroxyl groups excluding tert-OH is 1. The number of thiophene rings is 2. The van der Waals surface area contributed by atoms with Crippen LogP contribution in [0.2, 0.25) is 4.34 Å². The lowest BCUT2D eigenvalue weighted by atomic mass is 10.1. The van der Waals surface area contributed by atoms with Crippen LogP contribution in [-0.4, -0.2) is 5.11 Å². The number of hydrogen-bond acceptors (Lipinski definition) is 3. The van der Waals surface area contributed by atoms with E-state index < -0.39 is 6.10 Å². The predicted molar refractivity (Wildman–Crippen MR) is 67.0 cm³/mol. The molecule has 0 aliphatic carbocycles. The van der Waals surface area contributed by atoms with Crippen LogP contribution < -0.4 is 0 Å². The molecule has 0 bridgehead atoms. The molecule has 0 aliphatic rings. The minimum Gasteiger partial charge on any atom is -0.388 e. The monoisotopic (exact) mass is 258 g/mol. The summed E-state index contributed by atoms with van der Waals surface area (Å²) in [6, 6.07) is 3.84. The van der Waals surface area contributed by atoms with Gasteiger partial charge in [-0.15, -0.1) is 11.3 Å². The van der Waals surface area contributed by atoms with Gasteiger partial charge < -0.3 is 5.11 Å². The van der Waals surface area contributed by atoms with Crippen molar-refractivity contribution in [3.05, 3.63) is 43.2 Å². The van der Waals surface area contributed by atoms with Gasteiger partial charge in [0.15, 0.2) is 0 Å². The first-order valence-electron chi connectivity index (χ1n) is 4.62. The molecule has 80 valence electrons. The molecule has 0 amide bonds. The van der Waals surface area contributed by atoms with Crippen molar-refractivity contribution in [1.29, 1.82) is 0 Å². The molecule has 2 rings (SSSR count). The third-order valence-electron chi connectivity index (χ3n) is 2.28. The molecule has 0 spiro atoms. The molecule has 2 aromatic heterocycles.